The Labute approximate surface area is 146 Å². The van der Waals surface area contributed by atoms with Crippen molar-refractivity contribution in [3.8, 4) is 0 Å². The summed E-state index contributed by atoms with van der Waals surface area (Å²) in [6, 6.07) is -0.786. The fourth-order valence-corrected chi connectivity index (χ4v) is 1.97. The maximum absolute atomic E-state index is 11.4. The molecule has 114 valence electrons. The zero-order valence-corrected chi connectivity index (χ0v) is 15.4. The average Bonchev–Trinajstić information content (AvgIpc) is 2.36. The van der Waals surface area contributed by atoms with Crippen LogP contribution in [0.15, 0.2) is 0 Å². The topological polar surface area (TPSA) is 66.4 Å². The van der Waals surface area contributed by atoms with Gasteiger partial charge in [0.05, 0.1) is 0 Å². The molecular formula is C15H30NNaO3. The van der Waals surface area contributed by atoms with Gasteiger partial charge in [-0.1, -0.05) is 58.3 Å². The van der Waals surface area contributed by atoms with Crippen LogP contribution >= 0.6 is 0 Å². The van der Waals surface area contributed by atoms with Gasteiger partial charge in [0.1, 0.15) is 6.04 Å². The number of unbranched alkanes of at least 4 members (excludes halogenated alkanes) is 8. The minimum Gasteiger partial charge on any atom is -1.00 e. The second kappa shape index (κ2) is 15.3. The largest absolute Gasteiger partial charge is 1.00 e. The third-order valence-electron chi connectivity index (χ3n) is 3.26. The molecule has 0 rings (SSSR count). The van der Waals surface area contributed by atoms with Crippen molar-refractivity contribution >= 4 is 11.9 Å². The third-order valence-corrected chi connectivity index (χ3v) is 3.26. The van der Waals surface area contributed by atoms with Crippen molar-refractivity contribution in [1.29, 1.82) is 0 Å². The average molecular weight is 295 g/mol. The molecule has 2 N–H and O–H groups in total. The summed E-state index contributed by atoms with van der Waals surface area (Å²) in [5.41, 5.74) is 0. The van der Waals surface area contributed by atoms with Crippen LogP contribution in [0.1, 0.15) is 79.5 Å². The first kappa shape index (κ1) is 22.2. The molecule has 1 amide bonds. The second-order valence-corrected chi connectivity index (χ2v) is 5.21. The number of rotatable bonds is 12. The van der Waals surface area contributed by atoms with Gasteiger partial charge in [-0.05, 0) is 13.3 Å². The first-order valence-electron chi connectivity index (χ1n) is 7.60. The molecule has 0 bridgehead atoms. The molecule has 5 heteroatoms. The van der Waals surface area contributed by atoms with Gasteiger partial charge in [0.2, 0.25) is 5.91 Å². The van der Waals surface area contributed by atoms with E-state index in [-0.39, 0.29) is 36.9 Å². The van der Waals surface area contributed by atoms with Crippen LogP contribution in [0.2, 0.25) is 0 Å². The van der Waals surface area contributed by atoms with Crippen molar-refractivity contribution in [1.82, 2.24) is 5.32 Å². The summed E-state index contributed by atoms with van der Waals surface area (Å²) in [6.45, 7) is 3.70. The summed E-state index contributed by atoms with van der Waals surface area (Å²) >= 11 is 0. The Hall–Kier alpha value is -0.0600. The number of carbonyl (C=O) groups excluding carboxylic acids is 1. The Morgan fingerprint density at radius 3 is 1.90 bits per heavy atom. The number of nitrogens with one attached hydrogen (secondary N) is 1. The minimum atomic E-state index is -0.986. The van der Waals surface area contributed by atoms with Crippen molar-refractivity contribution in [3.05, 3.63) is 0 Å². The molecule has 20 heavy (non-hydrogen) atoms. The van der Waals surface area contributed by atoms with Crippen LogP contribution in [-0.4, -0.2) is 23.0 Å². The van der Waals surface area contributed by atoms with E-state index in [2.05, 4.69) is 12.2 Å². The standard InChI is InChI=1S/C15H29NO3.Na.H/c1-3-4-5-6-7-8-9-10-11-12-14(17)16-13(2)15(18)19;;/h13H,3-12H2,1-2H3,(H,16,17)(H,18,19);;/q;+1;-1/t13-;;/m1../s1. The molecule has 0 aliphatic rings. The Balaban J connectivity index is -0.00000162. The van der Waals surface area contributed by atoms with Crippen molar-refractivity contribution in [3.63, 3.8) is 0 Å². The Morgan fingerprint density at radius 2 is 1.45 bits per heavy atom. The van der Waals surface area contributed by atoms with Gasteiger partial charge < -0.3 is 11.8 Å². The van der Waals surface area contributed by atoms with E-state index in [0.717, 1.165) is 12.8 Å². The molecule has 0 unspecified atom stereocenters. The molecule has 0 heterocycles. The van der Waals surface area contributed by atoms with Crippen LogP contribution in [-0.2, 0) is 9.59 Å². The number of hydrogen-bond donors (Lipinski definition) is 2. The number of carboxylic acids is 1. The molecule has 0 aromatic heterocycles. The van der Waals surface area contributed by atoms with Crippen LogP contribution in [0.3, 0.4) is 0 Å². The molecule has 0 saturated heterocycles. The van der Waals surface area contributed by atoms with Gasteiger partial charge in [-0.2, -0.15) is 0 Å². The first-order valence-corrected chi connectivity index (χ1v) is 7.60. The predicted octanol–water partition coefficient (Wildman–Crippen LogP) is 0.613. The summed E-state index contributed by atoms with van der Waals surface area (Å²) in [7, 11) is 0. The molecule has 0 aliphatic carbocycles. The van der Waals surface area contributed by atoms with Crippen molar-refractivity contribution < 1.29 is 45.7 Å². The van der Waals surface area contributed by atoms with E-state index in [4.69, 9.17) is 5.11 Å². The molecular weight excluding hydrogens is 265 g/mol. The molecule has 0 fully saturated rings. The van der Waals surface area contributed by atoms with Gasteiger partial charge >= 0.3 is 35.5 Å². The van der Waals surface area contributed by atoms with E-state index >= 15 is 0 Å². The monoisotopic (exact) mass is 295 g/mol. The number of aliphatic carboxylic acids is 1. The van der Waals surface area contributed by atoms with Gasteiger partial charge in [0.25, 0.3) is 0 Å². The van der Waals surface area contributed by atoms with Crippen molar-refractivity contribution in [2.45, 2.75) is 84.1 Å². The molecule has 4 nitrogen and oxygen atoms in total. The summed E-state index contributed by atoms with van der Waals surface area (Å²) in [4.78, 5) is 21.9. The van der Waals surface area contributed by atoms with Crippen LogP contribution < -0.4 is 34.9 Å². The fraction of sp³-hybridized carbons (Fsp3) is 0.867. The minimum absolute atomic E-state index is 0. The van der Waals surface area contributed by atoms with Crippen LogP contribution in [0, 0.1) is 0 Å². The van der Waals surface area contributed by atoms with Crippen molar-refractivity contribution in [2.24, 2.45) is 0 Å². The van der Waals surface area contributed by atoms with E-state index in [9.17, 15) is 9.59 Å². The summed E-state index contributed by atoms with van der Waals surface area (Å²) in [5.74, 6) is -1.14. The van der Waals surface area contributed by atoms with E-state index in [1.807, 2.05) is 0 Å². The number of hydrogen-bond acceptors (Lipinski definition) is 2. The normalized spacial score (nSPS) is 11.5. The maximum atomic E-state index is 11.4. The molecule has 0 aromatic rings. The van der Waals surface area contributed by atoms with E-state index < -0.39 is 12.0 Å². The summed E-state index contributed by atoms with van der Waals surface area (Å²) < 4.78 is 0. The number of amides is 1. The Kier molecular flexibility index (Phi) is 17.0. The Bertz CT molecular complexity index is 265. The second-order valence-electron chi connectivity index (χ2n) is 5.21. The molecule has 0 spiro atoms. The smallest absolute Gasteiger partial charge is 1.00 e. The Morgan fingerprint density at radius 1 is 1.00 bits per heavy atom. The van der Waals surface area contributed by atoms with Crippen molar-refractivity contribution in [2.75, 3.05) is 0 Å². The zero-order chi connectivity index (χ0) is 14.5. The number of carbonyl (C=O) groups is 2. The fourth-order valence-electron chi connectivity index (χ4n) is 1.97. The van der Waals surface area contributed by atoms with Gasteiger partial charge in [0.15, 0.2) is 0 Å². The first-order chi connectivity index (χ1) is 9.07. The molecule has 1 atom stereocenters. The van der Waals surface area contributed by atoms with Gasteiger partial charge in [-0.3, -0.25) is 9.59 Å². The van der Waals surface area contributed by atoms with Crippen LogP contribution in [0.5, 0.6) is 0 Å². The quantitative estimate of drug-likeness (QED) is 0.409. The van der Waals surface area contributed by atoms with E-state index in [1.165, 1.54) is 51.9 Å². The molecule has 0 saturated carbocycles. The zero-order valence-electron chi connectivity index (χ0n) is 14.4. The SMILES string of the molecule is CCCCCCCCCCCC(=O)N[C@H](C)C(=O)O.[H-].[Na+]. The van der Waals surface area contributed by atoms with E-state index in [1.54, 1.807) is 0 Å². The molecule has 0 aromatic carbocycles. The van der Waals surface area contributed by atoms with Gasteiger partial charge in [-0.15, -0.1) is 0 Å². The predicted molar refractivity (Wildman–Crippen MR) is 78.2 cm³/mol. The summed E-state index contributed by atoms with van der Waals surface area (Å²) in [6.07, 6.45) is 11.3. The van der Waals surface area contributed by atoms with Crippen LogP contribution in [0.4, 0.5) is 0 Å². The van der Waals surface area contributed by atoms with Gasteiger partial charge in [-0.25, -0.2) is 0 Å². The van der Waals surface area contributed by atoms with Crippen LogP contribution in [0.25, 0.3) is 0 Å². The molecule has 0 aliphatic heterocycles. The molecule has 0 radical (unpaired) electrons. The third kappa shape index (κ3) is 14.4. The van der Waals surface area contributed by atoms with Gasteiger partial charge in [0, 0.05) is 6.42 Å². The summed E-state index contributed by atoms with van der Waals surface area (Å²) in [5, 5.41) is 11.1. The van der Waals surface area contributed by atoms with E-state index in [0.29, 0.717) is 6.42 Å². The maximum Gasteiger partial charge on any atom is 1.00 e. The number of carboxylic acid groups (broad SMARTS) is 1.